The number of piperidine rings is 2. The molecule has 1 aromatic rings. The number of rotatable bonds is 3. The Morgan fingerprint density at radius 3 is 2.39 bits per heavy atom. The molecule has 0 aliphatic carbocycles. The highest BCUT2D eigenvalue weighted by Gasteiger charge is 2.34. The van der Waals surface area contributed by atoms with Gasteiger partial charge < -0.3 is 19.9 Å². The number of nitrogens with zero attached hydrogens (tertiary/aromatic N) is 3. The first-order valence-electron chi connectivity index (χ1n) is 7.91. The summed E-state index contributed by atoms with van der Waals surface area (Å²) >= 11 is 0. The Labute approximate surface area is 135 Å². The molecular weight excluding hydrogens is 294 g/mol. The van der Waals surface area contributed by atoms with Crippen LogP contribution in [0.1, 0.15) is 23.7 Å². The van der Waals surface area contributed by atoms with Gasteiger partial charge in [0.15, 0.2) is 0 Å². The number of β-amino-alcohol motifs (C(OH)–C–C–N with tert-alkyl or cyclic N) is 1. The number of likely N-dealkylation sites (tertiary alicyclic amines) is 2. The molecule has 3 unspecified atom stereocenters. The van der Waals surface area contributed by atoms with Crippen molar-refractivity contribution in [1.29, 1.82) is 5.26 Å². The van der Waals surface area contributed by atoms with E-state index in [1.807, 2.05) is 0 Å². The molecule has 2 aliphatic heterocycles. The van der Waals surface area contributed by atoms with Gasteiger partial charge in [-0.25, -0.2) is 0 Å². The largest absolute Gasteiger partial charge is 0.530 e. The number of carboxylic acid groups (broad SMARTS) is 1. The minimum Gasteiger partial charge on any atom is -0.530 e. The minimum absolute atomic E-state index is 0.313. The molecule has 2 aliphatic rings. The number of nitriles is 1. The van der Waals surface area contributed by atoms with Gasteiger partial charge in [-0.05, 0) is 36.0 Å². The van der Waals surface area contributed by atoms with Crippen molar-refractivity contribution in [2.75, 3.05) is 32.7 Å². The van der Waals surface area contributed by atoms with E-state index in [0.717, 1.165) is 25.1 Å². The second-order valence-electron chi connectivity index (χ2n) is 6.61. The van der Waals surface area contributed by atoms with Gasteiger partial charge in [0.05, 0.1) is 17.7 Å². The third-order valence-electron chi connectivity index (χ3n) is 4.77. The average molecular weight is 314 g/mol. The van der Waals surface area contributed by atoms with E-state index < -0.39 is 12.2 Å². The van der Waals surface area contributed by atoms with E-state index >= 15 is 0 Å². The highest BCUT2D eigenvalue weighted by molar-refractivity contribution is 5.62. The Morgan fingerprint density at radius 1 is 1.26 bits per heavy atom. The molecule has 3 atom stereocenters. The van der Waals surface area contributed by atoms with Gasteiger partial charge in [-0.15, -0.1) is 0 Å². The van der Waals surface area contributed by atoms with Crippen molar-refractivity contribution in [1.82, 2.24) is 9.80 Å². The summed E-state index contributed by atoms with van der Waals surface area (Å²) in [5.74, 6) is 0.627. The van der Waals surface area contributed by atoms with Gasteiger partial charge >= 0.3 is 0 Å². The van der Waals surface area contributed by atoms with Gasteiger partial charge in [0.25, 0.3) is 0 Å². The zero-order chi connectivity index (χ0) is 16.4. The van der Waals surface area contributed by atoms with Crippen molar-refractivity contribution in [2.45, 2.75) is 12.5 Å². The molecule has 0 spiro atoms. The second-order valence-corrected chi connectivity index (χ2v) is 6.61. The van der Waals surface area contributed by atoms with Gasteiger partial charge in [0.1, 0.15) is 6.09 Å². The Kier molecular flexibility index (Phi) is 4.51. The third-order valence-corrected chi connectivity index (χ3v) is 4.77. The van der Waals surface area contributed by atoms with Crippen LogP contribution in [-0.4, -0.2) is 53.7 Å². The van der Waals surface area contributed by atoms with Gasteiger partial charge in [-0.3, -0.25) is 4.90 Å². The number of benzene rings is 1. The fraction of sp³-hybridized carbons (Fsp3) is 0.529. The lowest BCUT2D eigenvalue weighted by Crippen LogP contribution is -2.56. The molecule has 3 rings (SSSR count). The van der Waals surface area contributed by atoms with Gasteiger partial charge in [0, 0.05) is 32.7 Å². The summed E-state index contributed by atoms with van der Waals surface area (Å²) in [6, 6.07) is 9.05. The van der Waals surface area contributed by atoms with Crippen LogP contribution in [0.5, 0.6) is 0 Å². The Bertz CT molecular complexity index is 597. The monoisotopic (exact) mass is 314 g/mol. The van der Waals surface area contributed by atoms with Crippen LogP contribution in [-0.2, 0) is 0 Å². The summed E-state index contributed by atoms with van der Waals surface area (Å²) in [5, 5.41) is 30.2. The highest BCUT2D eigenvalue weighted by Crippen LogP contribution is 2.29. The fourth-order valence-corrected chi connectivity index (χ4v) is 3.82. The van der Waals surface area contributed by atoms with E-state index in [9.17, 15) is 15.0 Å². The van der Waals surface area contributed by atoms with Crippen molar-refractivity contribution in [3.63, 3.8) is 0 Å². The van der Waals surface area contributed by atoms with E-state index in [4.69, 9.17) is 5.26 Å². The fourth-order valence-electron chi connectivity index (χ4n) is 3.82. The van der Waals surface area contributed by atoms with Crippen LogP contribution in [0.15, 0.2) is 24.3 Å². The summed E-state index contributed by atoms with van der Waals surface area (Å²) in [6.07, 6.45) is -0.627. The molecule has 122 valence electrons. The normalized spacial score (nSPS) is 25.7. The van der Waals surface area contributed by atoms with E-state index in [1.54, 1.807) is 24.3 Å². The number of carbonyl (C=O) groups excluding carboxylic acids is 1. The molecule has 2 fully saturated rings. The zero-order valence-electron chi connectivity index (χ0n) is 12.9. The SMILES string of the molecule is N#Cc1ccc(C(O)CN2CC3CC(C2)CN(C(=O)[O-])C3)cc1. The van der Waals surface area contributed by atoms with Crippen LogP contribution < -0.4 is 5.11 Å². The number of fused-ring (bicyclic) bond motifs is 2. The summed E-state index contributed by atoms with van der Waals surface area (Å²) in [7, 11) is 0. The highest BCUT2D eigenvalue weighted by atomic mass is 16.4. The first-order valence-corrected chi connectivity index (χ1v) is 7.91. The predicted octanol–water partition coefficient (Wildman–Crippen LogP) is 0.189. The van der Waals surface area contributed by atoms with Crippen LogP contribution in [0.3, 0.4) is 0 Å². The van der Waals surface area contributed by atoms with Crippen LogP contribution in [0.25, 0.3) is 0 Å². The smallest absolute Gasteiger partial charge is 0.136 e. The maximum Gasteiger partial charge on any atom is 0.136 e. The van der Waals surface area contributed by atoms with Gasteiger partial charge in [-0.1, -0.05) is 12.1 Å². The molecule has 0 saturated carbocycles. The molecule has 2 heterocycles. The lowest BCUT2D eigenvalue weighted by molar-refractivity contribution is -0.268. The molecule has 6 nitrogen and oxygen atoms in total. The number of aliphatic hydroxyl groups excluding tert-OH is 1. The van der Waals surface area contributed by atoms with Crippen molar-refractivity contribution in [2.24, 2.45) is 11.8 Å². The summed E-state index contributed by atoms with van der Waals surface area (Å²) in [4.78, 5) is 14.6. The predicted molar refractivity (Wildman–Crippen MR) is 81.1 cm³/mol. The van der Waals surface area contributed by atoms with Gasteiger partial charge in [0.2, 0.25) is 0 Å². The van der Waals surface area contributed by atoms with Gasteiger partial charge in [-0.2, -0.15) is 5.26 Å². The van der Waals surface area contributed by atoms with Crippen molar-refractivity contribution in [3.8, 4) is 6.07 Å². The lowest BCUT2D eigenvalue weighted by atomic mass is 9.84. The number of amides is 1. The molecule has 2 saturated heterocycles. The molecule has 6 heteroatoms. The molecule has 1 aromatic carbocycles. The Balaban J connectivity index is 1.59. The Morgan fingerprint density at radius 2 is 1.87 bits per heavy atom. The number of carbonyl (C=O) groups is 1. The van der Waals surface area contributed by atoms with Crippen LogP contribution in [0.2, 0.25) is 0 Å². The zero-order valence-corrected chi connectivity index (χ0v) is 12.9. The number of hydrogen-bond donors (Lipinski definition) is 1. The van der Waals surface area contributed by atoms with Crippen molar-refractivity contribution >= 4 is 6.09 Å². The van der Waals surface area contributed by atoms with Crippen molar-refractivity contribution < 1.29 is 15.0 Å². The first-order chi connectivity index (χ1) is 11.0. The number of hydrogen-bond acceptors (Lipinski definition) is 5. The molecular formula is C17H20N3O3-. The third kappa shape index (κ3) is 3.63. The van der Waals surface area contributed by atoms with E-state index in [1.165, 1.54) is 4.90 Å². The maximum atomic E-state index is 11.0. The molecule has 0 radical (unpaired) electrons. The summed E-state index contributed by atoms with van der Waals surface area (Å²) in [6.45, 7) is 3.19. The first kappa shape index (κ1) is 15.8. The van der Waals surface area contributed by atoms with E-state index in [-0.39, 0.29) is 0 Å². The molecule has 0 aromatic heterocycles. The minimum atomic E-state index is -1.08. The number of aliphatic hydroxyl groups is 1. The topological polar surface area (TPSA) is 90.6 Å². The Hall–Kier alpha value is -2.10. The second kappa shape index (κ2) is 6.57. The molecule has 23 heavy (non-hydrogen) atoms. The molecule has 1 N–H and O–H groups in total. The van der Waals surface area contributed by atoms with Crippen LogP contribution in [0.4, 0.5) is 4.79 Å². The molecule has 2 bridgehead atoms. The van der Waals surface area contributed by atoms with E-state index in [2.05, 4.69) is 11.0 Å². The standard InChI is InChI=1S/C17H21N3O3/c18-6-12-1-3-15(4-2-12)16(21)11-19-7-13-5-14(8-19)10-20(9-13)17(22)23/h1-4,13-14,16,21H,5,7-11H2,(H,22,23)/p-1. The summed E-state index contributed by atoms with van der Waals surface area (Å²) in [5.41, 5.74) is 1.38. The molecule has 1 amide bonds. The average Bonchev–Trinajstić information content (AvgIpc) is 2.54. The quantitative estimate of drug-likeness (QED) is 0.860. The van der Waals surface area contributed by atoms with Crippen LogP contribution >= 0.6 is 0 Å². The van der Waals surface area contributed by atoms with Crippen LogP contribution in [0, 0.1) is 23.2 Å². The summed E-state index contributed by atoms with van der Waals surface area (Å²) < 4.78 is 0. The van der Waals surface area contributed by atoms with Crippen molar-refractivity contribution in [3.05, 3.63) is 35.4 Å². The maximum absolute atomic E-state index is 11.0. The van der Waals surface area contributed by atoms with E-state index in [0.29, 0.717) is 37.0 Å². The lowest BCUT2D eigenvalue weighted by Gasteiger charge is -2.47.